The maximum absolute atomic E-state index is 14.0. The zero-order chi connectivity index (χ0) is 27.7. The quantitative estimate of drug-likeness (QED) is 0.158. The topological polar surface area (TPSA) is 46.6 Å². The van der Waals surface area contributed by atoms with E-state index in [2.05, 4.69) is 0 Å². The number of carbonyl (C=O) groups is 2. The Morgan fingerprint density at radius 1 is 0.872 bits per heavy atom. The summed E-state index contributed by atoms with van der Waals surface area (Å²) in [5.41, 5.74) is 0.456. The van der Waals surface area contributed by atoms with Gasteiger partial charge in [-0.25, -0.2) is 26.7 Å². The molecule has 6 rings (SSSR count). The second-order valence-corrected chi connectivity index (χ2v) is 10.3. The second-order valence-electron chi connectivity index (χ2n) is 10.3. The number of hydrogen-bond acceptors (Lipinski definition) is 3. The molecule has 0 spiro atoms. The Kier molecular flexibility index (Phi) is 7.40. The van der Waals surface area contributed by atoms with Gasteiger partial charge in [0, 0.05) is 24.3 Å². The first-order valence-corrected chi connectivity index (χ1v) is 12.6. The number of fused-ring (bicyclic) bond motifs is 3. The molecule has 0 N–H and O–H groups in total. The first kappa shape index (κ1) is 26.8. The lowest BCUT2D eigenvalue weighted by molar-refractivity contribution is -0.938. The summed E-state index contributed by atoms with van der Waals surface area (Å²) in [6.07, 6.45) is 0.0534. The summed E-state index contributed by atoms with van der Waals surface area (Å²) >= 11 is 0. The van der Waals surface area contributed by atoms with Gasteiger partial charge in [0.15, 0.2) is 23.6 Å². The van der Waals surface area contributed by atoms with Crippen LogP contribution in [0.4, 0.5) is 32.4 Å². The summed E-state index contributed by atoms with van der Waals surface area (Å²) in [7, 11) is 0. The van der Waals surface area contributed by atoms with Crippen molar-refractivity contribution in [1.29, 1.82) is 0 Å². The Morgan fingerprint density at radius 3 is 2.18 bits per heavy atom. The van der Waals surface area contributed by atoms with Crippen LogP contribution in [0.2, 0.25) is 0 Å². The van der Waals surface area contributed by atoms with Gasteiger partial charge >= 0.3 is 6.09 Å². The van der Waals surface area contributed by atoms with E-state index in [9.17, 15) is 31.5 Å². The van der Waals surface area contributed by atoms with E-state index in [4.69, 9.17) is 4.74 Å². The predicted octanol–water partition coefficient (Wildman–Crippen LogP) is 6.02. The fourth-order valence-corrected chi connectivity index (χ4v) is 5.59. The third-order valence-corrected chi connectivity index (χ3v) is 7.66. The van der Waals surface area contributed by atoms with E-state index in [1.807, 2.05) is 0 Å². The van der Waals surface area contributed by atoms with Crippen molar-refractivity contribution < 1.29 is 40.8 Å². The molecule has 1 amide bonds. The third kappa shape index (κ3) is 5.80. The molecule has 0 radical (unpaired) electrons. The molecule has 3 aliphatic rings. The van der Waals surface area contributed by atoms with Gasteiger partial charge in [-0.05, 0) is 60.2 Å². The summed E-state index contributed by atoms with van der Waals surface area (Å²) in [5, 5.41) is 0. The summed E-state index contributed by atoms with van der Waals surface area (Å²) in [5.74, 6) is -5.59. The minimum Gasteiger partial charge on any atom is -0.440 e. The molecule has 204 valence electrons. The number of carbonyl (C=O) groups excluding carboxylic acids is 2. The molecule has 0 unspecified atom stereocenters. The molecule has 3 heterocycles. The molecule has 3 fully saturated rings. The van der Waals surface area contributed by atoms with Crippen LogP contribution in [-0.4, -0.2) is 48.6 Å². The summed E-state index contributed by atoms with van der Waals surface area (Å²) in [6.45, 7) is 1.63. The largest absolute Gasteiger partial charge is 0.440 e. The van der Waals surface area contributed by atoms with Crippen LogP contribution in [0.3, 0.4) is 0 Å². The number of nitrogens with zero attached hydrogens (tertiary/aromatic N) is 2. The van der Waals surface area contributed by atoms with Crippen LogP contribution in [0, 0.1) is 35.0 Å². The summed E-state index contributed by atoms with van der Waals surface area (Å²) in [6, 6.07) is 12.0. The Bertz CT molecular complexity index is 1370. The maximum atomic E-state index is 14.0. The Labute approximate surface area is 222 Å². The van der Waals surface area contributed by atoms with Crippen molar-refractivity contribution >= 4 is 17.6 Å². The fourth-order valence-electron chi connectivity index (χ4n) is 5.59. The molecular formula is C29H26F5N2O3+. The SMILES string of the molecule is O=C(C[N+]12CCC(CC1)[C@@H](OC(=O)N(Cc1cc(F)c(F)c(F)c1)c1cccc(F)c1)C2)c1ccc(F)cc1. The highest BCUT2D eigenvalue weighted by Gasteiger charge is 2.49. The third-order valence-electron chi connectivity index (χ3n) is 7.66. The molecule has 2 bridgehead atoms. The van der Waals surface area contributed by atoms with Crippen LogP contribution in [-0.2, 0) is 11.3 Å². The van der Waals surface area contributed by atoms with E-state index in [1.54, 1.807) is 0 Å². The number of amides is 1. The van der Waals surface area contributed by atoms with Crippen molar-refractivity contribution in [2.24, 2.45) is 5.92 Å². The molecular weight excluding hydrogens is 519 g/mol. The highest BCUT2D eigenvalue weighted by Crippen LogP contribution is 2.36. The molecule has 3 aromatic carbocycles. The van der Waals surface area contributed by atoms with Crippen LogP contribution >= 0.6 is 0 Å². The lowest BCUT2D eigenvalue weighted by atomic mass is 9.83. The molecule has 39 heavy (non-hydrogen) atoms. The average molecular weight is 546 g/mol. The van der Waals surface area contributed by atoms with Gasteiger partial charge in [-0.15, -0.1) is 0 Å². The number of quaternary nitrogens is 1. The predicted molar refractivity (Wildman–Crippen MR) is 132 cm³/mol. The highest BCUT2D eigenvalue weighted by molar-refractivity contribution is 5.97. The van der Waals surface area contributed by atoms with Gasteiger partial charge in [0.05, 0.1) is 25.3 Å². The van der Waals surface area contributed by atoms with Crippen LogP contribution in [0.25, 0.3) is 0 Å². The van der Waals surface area contributed by atoms with Gasteiger partial charge in [0.25, 0.3) is 0 Å². The lowest BCUT2D eigenvalue weighted by Crippen LogP contribution is -2.66. The first-order valence-electron chi connectivity index (χ1n) is 12.6. The Hall–Kier alpha value is -3.79. The molecule has 0 aromatic heterocycles. The highest BCUT2D eigenvalue weighted by atomic mass is 19.2. The zero-order valence-corrected chi connectivity index (χ0v) is 20.9. The van der Waals surface area contributed by atoms with Crippen molar-refractivity contribution in [2.45, 2.75) is 25.5 Å². The maximum Gasteiger partial charge on any atom is 0.415 e. The van der Waals surface area contributed by atoms with Gasteiger partial charge in [-0.1, -0.05) is 6.07 Å². The van der Waals surface area contributed by atoms with Crippen LogP contribution in [0.1, 0.15) is 28.8 Å². The van der Waals surface area contributed by atoms with Crippen LogP contribution in [0.15, 0.2) is 60.7 Å². The van der Waals surface area contributed by atoms with E-state index in [-0.39, 0.29) is 29.5 Å². The van der Waals surface area contributed by atoms with E-state index >= 15 is 0 Å². The molecule has 3 aromatic rings. The van der Waals surface area contributed by atoms with Crippen molar-refractivity contribution in [3.63, 3.8) is 0 Å². The Balaban J connectivity index is 1.35. The second kappa shape index (κ2) is 10.8. The van der Waals surface area contributed by atoms with Crippen molar-refractivity contribution in [2.75, 3.05) is 31.1 Å². The number of benzene rings is 3. The lowest BCUT2D eigenvalue weighted by Gasteiger charge is -2.51. The molecule has 10 heteroatoms. The van der Waals surface area contributed by atoms with E-state index < -0.39 is 47.8 Å². The van der Waals surface area contributed by atoms with Crippen molar-refractivity contribution in [1.82, 2.24) is 0 Å². The fraction of sp³-hybridized carbons (Fsp3) is 0.310. The number of ether oxygens (including phenoxy) is 1. The molecule has 3 saturated heterocycles. The standard InChI is InChI=1S/C29H26F5N2O3/c30-21-6-4-19(5-7-21)26(37)16-36-10-8-20(9-11-36)27(17-36)39-29(38)35(23-3-1-2-22(31)14-23)15-18-12-24(32)28(34)25(33)13-18/h1-7,12-14,20,27H,8-11,15-17H2/q+1/t20?,27-,36?/m0/s1. The Morgan fingerprint density at radius 2 is 1.54 bits per heavy atom. The van der Waals surface area contributed by atoms with Crippen LogP contribution in [0.5, 0.6) is 0 Å². The minimum absolute atomic E-state index is 0.0464. The number of Topliss-reactive ketones (excluding diaryl/α,β-unsaturated/α-hetero) is 1. The van der Waals surface area contributed by atoms with Gasteiger partial charge in [0.1, 0.15) is 24.7 Å². The average Bonchev–Trinajstić information content (AvgIpc) is 2.91. The smallest absolute Gasteiger partial charge is 0.415 e. The van der Waals surface area contributed by atoms with E-state index in [1.165, 1.54) is 42.5 Å². The van der Waals surface area contributed by atoms with E-state index in [0.29, 0.717) is 16.6 Å². The van der Waals surface area contributed by atoms with Crippen LogP contribution < -0.4 is 4.90 Å². The number of rotatable bonds is 7. The van der Waals surface area contributed by atoms with Crippen molar-refractivity contribution in [3.05, 3.63) is 101 Å². The first-order chi connectivity index (χ1) is 18.6. The van der Waals surface area contributed by atoms with Gasteiger partial charge in [-0.3, -0.25) is 9.69 Å². The number of halogens is 5. The molecule has 1 atom stereocenters. The van der Waals surface area contributed by atoms with E-state index in [0.717, 1.165) is 49.0 Å². The zero-order valence-electron chi connectivity index (χ0n) is 20.9. The molecule has 0 saturated carbocycles. The van der Waals surface area contributed by atoms with Gasteiger partial charge in [-0.2, -0.15) is 0 Å². The monoisotopic (exact) mass is 545 g/mol. The normalized spacial score (nSPS) is 22.0. The number of piperidine rings is 3. The summed E-state index contributed by atoms with van der Waals surface area (Å²) in [4.78, 5) is 27.4. The molecule has 0 aliphatic carbocycles. The van der Waals surface area contributed by atoms with Gasteiger partial charge < -0.3 is 9.22 Å². The van der Waals surface area contributed by atoms with Gasteiger partial charge in [0.2, 0.25) is 5.78 Å². The van der Waals surface area contributed by atoms with Crippen molar-refractivity contribution in [3.8, 4) is 0 Å². The molecule has 3 aliphatic heterocycles. The minimum atomic E-state index is -1.63. The molecule has 5 nitrogen and oxygen atoms in total. The number of anilines is 1. The number of ketones is 1. The number of hydrogen-bond donors (Lipinski definition) is 0. The summed E-state index contributed by atoms with van der Waals surface area (Å²) < 4.78 is 74.8.